The second kappa shape index (κ2) is 4.94. The molecule has 0 radical (unpaired) electrons. The first-order valence-corrected chi connectivity index (χ1v) is 7.78. The Labute approximate surface area is 104 Å². The minimum absolute atomic E-state index is 0.119. The van der Waals surface area contributed by atoms with Gasteiger partial charge in [-0.3, -0.25) is 4.79 Å². The minimum Gasteiger partial charge on any atom is -0.340 e. The number of rotatable bonds is 3. The molecule has 1 saturated heterocycles. The number of carbonyl (C=O) groups is 1. The Morgan fingerprint density at radius 2 is 1.65 bits per heavy atom. The molecule has 1 heterocycles. The van der Waals surface area contributed by atoms with Gasteiger partial charge in [0.2, 0.25) is 15.9 Å². The van der Waals surface area contributed by atoms with Crippen LogP contribution in [0.1, 0.15) is 27.2 Å². The van der Waals surface area contributed by atoms with Gasteiger partial charge in [-0.05, 0) is 6.42 Å². The maximum absolute atomic E-state index is 12.2. The molecule has 1 aliphatic heterocycles. The zero-order valence-electron chi connectivity index (χ0n) is 11.1. The molecular weight excluding hydrogens is 240 g/mol. The largest absolute Gasteiger partial charge is 0.340 e. The van der Waals surface area contributed by atoms with E-state index in [1.807, 2.05) is 20.8 Å². The van der Waals surface area contributed by atoms with Gasteiger partial charge >= 0.3 is 0 Å². The van der Waals surface area contributed by atoms with Gasteiger partial charge in [0.15, 0.2) is 0 Å². The molecule has 0 aromatic rings. The SMILES string of the molecule is CCC(C)(C)C(=O)N1CCN(S(C)(=O)=O)CC1. The summed E-state index contributed by atoms with van der Waals surface area (Å²) in [6.07, 6.45) is 2.00. The van der Waals surface area contributed by atoms with Crippen molar-refractivity contribution in [3.8, 4) is 0 Å². The van der Waals surface area contributed by atoms with Crippen LogP contribution in [0.4, 0.5) is 0 Å². The zero-order chi connectivity index (χ0) is 13.3. The molecule has 1 rings (SSSR count). The van der Waals surface area contributed by atoms with E-state index >= 15 is 0 Å². The second-order valence-corrected chi connectivity index (χ2v) is 7.17. The van der Waals surface area contributed by atoms with Gasteiger partial charge in [0.1, 0.15) is 0 Å². The molecule has 6 heteroatoms. The predicted molar refractivity (Wildman–Crippen MR) is 67.1 cm³/mol. The van der Waals surface area contributed by atoms with Crippen molar-refractivity contribution in [2.24, 2.45) is 5.41 Å². The Kier molecular flexibility index (Phi) is 4.19. The smallest absolute Gasteiger partial charge is 0.228 e. The first-order chi connectivity index (χ1) is 7.68. The topological polar surface area (TPSA) is 57.7 Å². The molecule has 17 heavy (non-hydrogen) atoms. The lowest BCUT2D eigenvalue weighted by atomic mass is 9.88. The lowest BCUT2D eigenvalue weighted by molar-refractivity contribution is -0.141. The van der Waals surface area contributed by atoms with Crippen molar-refractivity contribution in [2.75, 3.05) is 32.4 Å². The summed E-state index contributed by atoms with van der Waals surface area (Å²) in [5.74, 6) is 0.119. The highest BCUT2D eigenvalue weighted by Crippen LogP contribution is 2.23. The number of piperazine rings is 1. The molecule has 1 amide bonds. The molecule has 5 nitrogen and oxygen atoms in total. The number of hydrogen-bond donors (Lipinski definition) is 0. The fraction of sp³-hybridized carbons (Fsp3) is 0.909. The number of hydrogen-bond acceptors (Lipinski definition) is 3. The van der Waals surface area contributed by atoms with E-state index in [1.165, 1.54) is 10.6 Å². The second-order valence-electron chi connectivity index (χ2n) is 5.19. The third-order valence-corrected chi connectivity index (χ3v) is 4.76. The minimum atomic E-state index is -3.12. The molecule has 0 saturated carbocycles. The summed E-state index contributed by atoms with van der Waals surface area (Å²) in [4.78, 5) is 13.9. The van der Waals surface area contributed by atoms with Crippen molar-refractivity contribution >= 4 is 15.9 Å². The van der Waals surface area contributed by atoms with Crippen LogP contribution in [-0.2, 0) is 14.8 Å². The Morgan fingerprint density at radius 3 is 2.00 bits per heavy atom. The molecule has 0 N–H and O–H groups in total. The average Bonchev–Trinajstić information content (AvgIpc) is 2.27. The monoisotopic (exact) mass is 262 g/mol. The lowest BCUT2D eigenvalue weighted by Crippen LogP contribution is -2.53. The standard InChI is InChI=1S/C11H22N2O3S/c1-5-11(2,3)10(14)12-6-8-13(9-7-12)17(4,15)16/h5-9H2,1-4H3. The number of nitrogens with zero attached hydrogens (tertiary/aromatic N) is 2. The van der Waals surface area contributed by atoms with E-state index in [-0.39, 0.29) is 11.3 Å². The molecule has 0 aliphatic carbocycles. The summed E-state index contributed by atoms with van der Waals surface area (Å²) in [7, 11) is -3.12. The van der Waals surface area contributed by atoms with Crippen LogP contribution in [0.15, 0.2) is 0 Å². The van der Waals surface area contributed by atoms with E-state index in [0.717, 1.165) is 6.42 Å². The first-order valence-electron chi connectivity index (χ1n) is 5.93. The fourth-order valence-electron chi connectivity index (χ4n) is 1.80. The summed E-state index contributed by atoms with van der Waals surface area (Å²) in [6, 6.07) is 0. The van der Waals surface area contributed by atoms with Gasteiger partial charge in [0.05, 0.1) is 6.26 Å². The van der Waals surface area contributed by atoms with Crippen molar-refractivity contribution in [1.29, 1.82) is 0 Å². The third-order valence-electron chi connectivity index (χ3n) is 3.46. The molecule has 0 spiro atoms. The Balaban J connectivity index is 2.62. The van der Waals surface area contributed by atoms with Crippen LogP contribution in [0.5, 0.6) is 0 Å². The molecular formula is C11H22N2O3S. The van der Waals surface area contributed by atoms with Crippen LogP contribution in [-0.4, -0.2) is 56.0 Å². The van der Waals surface area contributed by atoms with Gasteiger partial charge in [-0.2, -0.15) is 4.31 Å². The van der Waals surface area contributed by atoms with Crippen molar-refractivity contribution < 1.29 is 13.2 Å². The summed E-state index contributed by atoms with van der Waals surface area (Å²) in [5.41, 5.74) is -0.354. The highest BCUT2D eigenvalue weighted by atomic mass is 32.2. The van der Waals surface area contributed by atoms with Crippen LogP contribution in [0.25, 0.3) is 0 Å². The Bertz CT molecular complexity index is 382. The quantitative estimate of drug-likeness (QED) is 0.745. The molecule has 0 aromatic heterocycles. The Morgan fingerprint density at radius 1 is 1.18 bits per heavy atom. The maximum Gasteiger partial charge on any atom is 0.228 e. The number of sulfonamides is 1. The van der Waals surface area contributed by atoms with Crippen molar-refractivity contribution in [3.05, 3.63) is 0 Å². The van der Waals surface area contributed by atoms with Gasteiger partial charge in [0, 0.05) is 31.6 Å². The van der Waals surface area contributed by atoms with Crippen molar-refractivity contribution in [3.63, 3.8) is 0 Å². The van der Waals surface area contributed by atoms with E-state index in [1.54, 1.807) is 4.90 Å². The molecule has 0 atom stereocenters. The van der Waals surface area contributed by atoms with Crippen LogP contribution < -0.4 is 0 Å². The van der Waals surface area contributed by atoms with E-state index < -0.39 is 10.0 Å². The third kappa shape index (κ3) is 3.42. The number of carbonyl (C=O) groups excluding carboxylic acids is 1. The van der Waals surface area contributed by atoms with E-state index in [2.05, 4.69) is 0 Å². The Hall–Kier alpha value is -0.620. The maximum atomic E-state index is 12.2. The predicted octanol–water partition coefficient (Wildman–Crippen LogP) is 0.526. The first kappa shape index (κ1) is 14.4. The van der Waals surface area contributed by atoms with E-state index in [9.17, 15) is 13.2 Å². The van der Waals surface area contributed by atoms with E-state index in [0.29, 0.717) is 26.2 Å². The molecule has 0 bridgehead atoms. The normalized spacial score (nSPS) is 19.4. The van der Waals surface area contributed by atoms with Gasteiger partial charge in [-0.25, -0.2) is 8.42 Å². The molecule has 0 aromatic carbocycles. The molecule has 1 aliphatic rings. The van der Waals surface area contributed by atoms with Gasteiger partial charge in [0.25, 0.3) is 0 Å². The fourth-order valence-corrected chi connectivity index (χ4v) is 2.63. The summed E-state index contributed by atoms with van der Waals surface area (Å²) in [6.45, 7) is 7.65. The summed E-state index contributed by atoms with van der Waals surface area (Å²) in [5, 5.41) is 0. The van der Waals surface area contributed by atoms with Crippen LogP contribution >= 0.6 is 0 Å². The van der Waals surface area contributed by atoms with Gasteiger partial charge in [-0.15, -0.1) is 0 Å². The lowest BCUT2D eigenvalue weighted by Gasteiger charge is -2.37. The summed E-state index contributed by atoms with van der Waals surface area (Å²) >= 11 is 0. The van der Waals surface area contributed by atoms with Crippen LogP contribution in [0.2, 0.25) is 0 Å². The molecule has 100 valence electrons. The summed E-state index contributed by atoms with van der Waals surface area (Å²) < 4.78 is 24.1. The van der Waals surface area contributed by atoms with Crippen LogP contribution in [0.3, 0.4) is 0 Å². The highest BCUT2D eigenvalue weighted by molar-refractivity contribution is 7.88. The highest BCUT2D eigenvalue weighted by Gasteiger charge is 2.33. The number of amides is 1. The zero-order valence-corrected chi connectivity index (χ0v) is 11.9. The van der Waals surface area contributed by atoms with Crippen molar-refractivity contribution in [1.82, 2.24) is 9.21 Å². The van der Waals surface area contributed by atoms with E-state index in [4.69, 9.17) is 0 Å². The average molecular weight is 262 g/mol. The van der Waals surface area contributed by atoms with Gasteiger partial charge in [-0.1, -0.05) is 20.8 Å². The molecule has 0 unspecified atom stereocenters. The van der Waals surface area contributed by atoms with Crippen molar-refractivity contribution in [2.45, 2.75) is 27.2 Å². The van der Waals surface area contributed by atoms with Gasteiger partial charge < -0.3 is 4.90 Å². The molecule has 1 fully saturated rings. The van der Waals surface area contributed by atoms with Crippen LogP contribution in [0, 0.1) is 5.41 Å².